The van der Waals surface area contributed by atoms with Crippen LogP contribution in [0.25, 0.3) is 0 Å². The summed E-state index contributed by atoms with van der Waals surface area (Å²) in [5.41, 5.74) is -0.337. The molecule has 0 aliphatic heterocycles. The standard InChI is InChI=1S/C14H19ClN2O3S/c1-14(2,3)17-13(20)8-16-12(19)7-4-9(18)10-5-6-11(15)21-10/h5-6H,4,7-8H2,1-3H3,(H,16,19)(H,17,20). The van der Waals surface area contributed by atoms with Gasteiger partial charge in [-0.15, -0.1) is 11.3 Å². The van der Waals surface area contributed by atoms with Crippen molar-refractivity contribution in [3.05, 3.63) is 21.3 Å². The van der Waals surface area contributed by atoms with Crippen LogP contribution in [-0.4, -0.2) is 29.7 Å². The zero-order valence-electron chi connectivity index (χ0n) is 12.3. The highest BCUT2D eigenvalue weighted by atomic mass is 35.5. The molecule has 1 aromatic heterocycles. The maximum atomic E-state index is 11.8. The molecule has 0 bridgehead atoms. The fourth-order valence-electron chi connectivity index (χ4n) is 1.54. The Morgan fingerprint density at radius 2 is 1.81 bits per heavy atom. The lowest BCUT2D eigenvalue weighted by Gasteiger charge is -2.20. The minimum atomic E-state index is -0.337. The van der Waals surface area contributed by atoms with Crippen molar-refractivity contribution in [1.82, 2.24) is 10.6 Å². The van der Waals surface area contributed by atoms with Gasteiger partial charge in [-0.1, -0.05) is 11.6 Å². The predicted molar refractivity (Wildman–Crippen MR) is 83.8 cm³/mol. The number of carbonyl (C=O) groups is 3. The zero-order valence-corrected chi connectivity index (χ0v) is 13.9. The SMILES string of the molecule is CC(C)(C)NC(=O)CNC(=O)CCC(=O)c1ccc(Cl)s1. The molecule has 0 unspecified atom stereocenters. The molecule has 0 aliphatic rings. The molecule has 1 aromatic rings. The molecule has 0 fully saturated rings. The van der Waals surface area contributed by atoms with Gasteiger partial charge in [-0.2, -0.15) is 0 Å². The summed E-state index contributed by atoms with van der Waals surface area (Å²) < 4.78 is 0.543. The molecule has 7 heteroatoms. The molecule has 116 valence electrons. The second kappa shape index (κ2) is 7.56. The normalized spacial score (nSPS) is 11.0. The number of hydrogen-bond acceptors (Lipinski definition) is 4. The molecule has 0 radical (unpaired) electrons. The number of ketones is 1. The fraction of sp³-hybridized carbons (Fsp3) is 0.500. The van der Waals surface area contributed by atoms with Crippen molar-refractivity contribution in [1.29, 1.82) is 0 Å². The molecule has 5 nitrogen and oxygen atoms in total. The Balaban J connectivity index is 2.28. The quantitative estimate of drug-likeness (QED) is 0.786. The summed E-state index contributed by atoms with van der Waals surface area (Å²) in [5.74, 6) is -0.705. The van der Waals surface area contributed by atoms with Crippen LogP contribution in [0, 0.1) is 0 Å². The first kappa shape index (κ1) is 17.7. The maximum absolute atomic E-state index is 11.8. The van der Waals surface area contributed by atoms with E-state index in [1.54, 1.807) is 12.1 Å². The average molecular weight is 331 g/mol. The third-order valence-electron chi connectivity index (χ3n) is 2.39. The lowest BCUT2D eigenvalue weighted by Crippen LogP contribution is -2.45. The van der Waals surface area contributed by atoms with Crippen LogP contribution in [-0.2, 0) is 9.59 Å². The van der Waals surface area contributed by atoms with Gasteiger partial charge in [0.1, 0.15) is 0 Å². The van der Waals surface area contributed by atoms with E-state index in [0.717, 1.165) is 0 Å². The van der Waals surface area contributed by atoms with Crippen LogP contribution in [0.3, 0.4) is 0 Å². The van der Waals surface area contributed by atoms with Crippen molar-refractivity contribution in [2.24, 2.45) is 0 Å². The number of halogens is 1. The van der Waals surface area contributed by atoms with Crippen LogP contribution in [0.4, 0.5) is 0 Å². The van der Waals surface area contributed by atoms with E-state index >= 15 is 0 Å². The average Bonchev–Trinajstić information content (AvgIpc) is 2.78. The highest BCUT2D eigenvalue weighted by Crippen LogP contribution is 2.22. The fourth-order valence-corrected chi connectivity index (χ4v) is 2.55. The topological polar surface area (TPSA) is 75.3 Å². The summed E-state index contributed by atoms with van der Waals surface area (Å²) in [6, 6.07) is 3.29. The highest BCUT2D eigenvalue weighted by Gasteiger charge is 2.15. The third kappa shape index (κ3) is 7.24. The maximum Gasteiger partial charge on any atom is 0.239 e. The van der Waals surface area contributed by atoms with E-state index in [1.807, 2.05) is 20.8 Å². The smallest absolute Gasteiger partial charge is 0.239 e. The van der Waals surface area contributed by atoms with E-state index in [1.165, 1.54) is 11.3 Å². The van der Waals surface area contributed by atoms with Gasteiger partial charge in [0.05, 0.1) is 15.8 Å². The van der Waals surface area contributed by atoms with Gasteiger partial charge in [0, 0.05) is 18.4 Å². The Kier molecular flexibility index (Phi) is 6.36. The Morgan fingerprint density at radius 3 is 2.33 bits per heavy atom. The molecule has 2 amide bonds. The highest BCUT2D eigenvalue weighted by molar-refractivity contribution is 7.18. The first-order valence-corrected chi connectivity index (χ1v) is 7.73. The van der Waals surface area contributed by atoms with Gasteiger partial charge in [-0.25, -0.2) is 0 Å². The molecule has 1 heterocycles. The summed E-state index contributed by atoms with van der Waals surface area (Å²) in [7, 11) is 0. The van der Waals surface area contributed by atoms with Crippen LogP contribution in [0.2, 0.25) is 4.34 Å². The van der Waals surface area contributed by atoms with E-state index in [-0.39, 0.29) is 42.5 Å². The summed E-state index contributed by atoms with van der Waals surface area (Å²) in [4.78, 5) is 35.4. The lowest BCUT2D eigenvalue weighted by atomic mass is 10.1. The third-order valence-corrected chi connectivity index (χ3v) is 3.66. The number of Topliss-reactive ketones (excluding diaryl/α,β-unsaturated/α-hetero) is 1. The Morgan fingerprint density at radius 1 is 1.14 bits per heavy atom. The van der Waals surface area contributed by atoms with Crippen LogP contribution in [0.1, 0.15) is 43.3 Å². The largest absolute Gasteiger partial charge is 0.350 e. The molecule has 1 rings (SSSR count). The van der Waals surface area contributed by atoms with Crippen LogP contribution < -0.4 is 10.6 Å². The van der Waals surface area contributed by atoms with Crippen molar-refractivity contribution < 1.29 is 14.4 Å². The van der Waals surface area contributed by atoms with Crippen molar-refractivity contribution in [3.63, 3.8) is 0 Å². The molecule has 0 aromatic carbocycles. The van der Waals surface area contributed by atoms with Crippen LogP contribution in [0.15, 0.2) is 12.1 Å². The molecule has 0 aliphatic carbocycles. The van der Waals surface area contributed by atoms with Crippen LogP contribution in [0.5, 0.6) is 0 Å². The molecule has 0 atom stereocenters. The van der Waals surface area contributed by atoms with E-state index in [0.29, 0.717) is 9.21 Å². The Bertz CT molecular complexity index is 535. The molecule has 0 saturated heterocycles. The second-order valence-electron chi connectivity index (χ2n) is 5.60. The molecular weight excluding hydrogens is 312 g/mol. The van der Waals surface area contributed by atoms with Crippen LogP contribution >= 0.6 is 22.9 Å². The number of carbonyl (C=O) groups excluding carboxylic acids is 3. The molecule has 0 spiro atoms. The molecule has 0 saturated carbocycles. The van der Waals surface area contributed by atoms with Crippen molar-refractivity contribution in [3.8, 4) is 0 Å². The summed E-state index contributed by atoms with van der Waals surface area (Å²) in [6.07, 6.45) is 0.153. The summed E-state index contributed by atoms with van der Waals surface area (Å²) in [6.45, 7) is 5.49. The Hall–Kier alpha value is -1.40. The number of hydrogen-bond donors (Lipinski definition) is 2. The van der Waals surface area contributed by atoms with E-state index < -0.39 is 0 Å². The first-order valence-electron chi connectivity index (χ1n) is 6.53. The van der Waals surface area contributed by atoms with Crippen molar-refractivity contribution >= 4 is 40.5 Å². The molecule has 21 heavy (non-hydrogen) atoms. The second-order valence-corrected chi connectivity index (χ2v) is 7.32. The van der Waals surface area contributed by atoms with Gasteiger partial charge in [0.25, 0.3) is 0 Å². The molecule has 2 N–H and O–H groups in total. The summed E-state index contributed by atoms with van der Waals surface area (Å²) in [5, 5.41) is 5.23. The van der Waals surface area contributed by atoms with Gasteiger partial charge in [0.2, 0.25) is 11.8 Å². The van der Waals surface area contributed by atoms with E-state index in [9.17, 15) is 14.4 Å². The number of nitrogens with one attached hydrogen (secondary N) is 2. The zero-order chi connectivity index (χ0) is 16.0. The van der Waals surface area contributed by atoms with Gasteiger partial charge >= 0.3 is 0 Å². The first-order chi connectivity index (χ1) is 9.67. The van der Waals surface area contributed by atoms with Gasteiger partial charge in [-0.05, 0) is 32.9 Å². The number of amides is 2. The minimum absolute atomic E-state index is 0.0527. The number of rotatable bonds is 6. The number of thiophene rings is 1. The predicted octanol–water partition coefficient (Wildman–Crippen LogP) is 2.40. The van der Waals surface area contributed by atoms with E-state index in [4.69, 9.17) is 11.6 Å². The lowest BCUT2D eigenvalue weighted by molar-refractivity contribution is -0.126. The molecular formula is C14H19ClN2O3S. The van der Waals surface area contributed by atoms with Crippen molar-refractivity contribution in [2.75, 3.05) is 6.54 Å². The monoisotopic (exact) mass is 330 g/mol. The Labute approximate surface area is 133 Å². The van der Waals surface area contributed by atoms with Crippen molar-refractivity contribution in [2.45, 2.75) is 39.2 Å². The minimum Gasteiger partial charge on any atom is -0.350 e. The van der Waals surface area contributed by atoms with Gasteiger partial charge in [0.15, 0.2) is 5.78 Å². The summed E-state index contributed by atoms with van der Waals surface area (Å²) >= 11 is 6.94. The van der Waals surface area contributed by atoms with E-state index in [2.05, 4.69) is 10.6 Å². The van der Waals surface area contributed by atoms with Gasteiger partial charge in [-0.3, -0.25) is 14.4 Å². The van der Waals surface area contributed by atoms with Gasteiger partial charge < -0.3 is 10.6 Å².